The number of aromatic hydroxyl groups is 1. The predicted octanol–water partition coefficient (Wildman–Crippen LogP) is 0.927. The van der Waals surface area contributed by atoms with E-state index < -0.39 is 0 Å². The molecular weight excluding hydrogens is 220 g/mol. The molecular formula is C12H18N2O3. The van der Waals surface area contributed by atoms with Crippen molar-refractivity contribution in [3.63, 3.8) is 0 Å². The van der Waals surface area contributed by atoms with Crippen molar-refractivity contribution in [3.8, 4) is 11.5 Å². The standard InChI is InChI=1S/C12H18N2O3/c1-8(14-6-5-12(13)16)10-7-9(17-2)3-4-11(10)15/h3-4,7-8,14-15H,5-6H2,1-2H3,(H2,13,16). The lowest BCUT2D eigenvalue weighted by Crippen LogP contribution is -2.24. The Bertz CT molecular complexity index is 393. The molecule has 0 aliphatic carbocycles. The van der Waals surface area contributed by atoms with Crippen molar-refractivity contribution in [2.24, 2.45) is 5.73 Å². The molecule has 1 rings (SSSR count). The van der Waals surface area contributed by atoms with Crippen LogP contribution in [0, 0.1) is 0 Å². The lowest BCUT2D eigenvalue weighted by Gasteiger charge is -2.16. The first kappa shape index (κ1) is 13.3. The second kappa shape index (κ2) is 6.10. The number of phenols is 1. The number of hydrogen-bond donors (Lipinski definition) is 3. The van der Waals surface area contributed by atoms with Gasteiger partial charge in [-0.3, -0.25) is 4.79 Å². The Morgan fingerprint density at radius 2 is 2.29 bits per heavy atom. The summed E-state index contributed by atoms with van der Waals surface area (Å²) in [4.78, 5) is 10.6. The molecule has 94 valence electrons. The molecule has 1 amide bonds. The third-order valence-electron chi connectivity index (χ3n) is 2.52. The van der Waals surface area contributed by atoms with E-state index in [1.54, 1.807) is 25.3 Å². The molecule has 0 aromatic heterocycles. The molecule has 17 heavy (non-hydrogen) atoms. The van der Waals surface area contributed by atoms with Crippen LogP contribution in [0.4, 0.5) is 0 Å². The number of carbonyl (C=O) groups excluding carboxylic acids is 1. The summed E-state index contributed by atoms with van der Waals surface area (Å²) < 4.78 is 5.09. The van der Waals surface area contributed by atoms with Gasteiger partial charge in [-0.1, -0.05) is 0 Å². The van der Waals surface area contributed by atoms with Gasteiger partial charge in [-0.15, -0.1) is 0 Å². The van der Waals surface area contributed by atoms with E-state index in [2.05, 4.69) is 5.32 Å². The minimum Gasteiger partial charge on any atom is -0.508 e. The minimum absolute atomic E-state index is 0.0792. The van der Waals surface area contributed by atoms with Gasteiger partial charge in [0.2, 0.25) is 5.91 Å². The van der Waals surface area contributed by atoms with E-state index in [1.165, 1.54) is 0 Å². The molecule has 0 fully saturated rings. The predicted molar refractivity (Wildman–Crippen MR) is 64.9 cm³/mol. The van der Waals surface area contributed by atoms with Crippen molar-refractivity contribution in [2.75, 3.05) is 13.7 Å². The van der Waals surface area contributed by atoms with Crippen LogP contribution in [0.25, 0.3) is 0 Å². The quantitative estimate of drug-likeness (QED) is 0.688. The number of benzene rings is 1. The van der Waals surface area contributed by atoms with Gasteiger partial charge < -0.3 is 20.9 Å². The Morgan fingerprint density at radius 3 is 2.88 bits per heavy atom. The number of amides is 1. The molecule has 1 aromatic carbocycles. The van der Waals surface area contributed by atoms with Gasteiger partial charge in [0.25, 0.3) is 0 Å². The molecule has 0 spiro atoms. The van der Waals surface area contributed by atoms with E-state index in [0.717, 1.165) is 5.56 Å². The molecule has 1 atom stereocenters. The highest BCUT2D eigenvalue weighted by Gasteiger charge is 2.11. The number of carbonyl (C=O) groups is 1. The summed E-state index contributed by atoms with van der Waals surface area (Å²) in [6, 6.07) is 4.96. The molecule has 0 saturated heterocycles. The van der Waals surface area contributed by atoms with Crippen molar-refractivity contribution >= 4 is 5.91 Å². The first-order chi connectivity index (χ1) is 8.04. The number of methoxy groups -OCH3 is 1. The zero-order valence-corrected chi connectivity index (χ0v) is 10.1. The fraction of sp³-hybridized carbons (Fsp3) is 0.417. The number of ether oxygens (including phenoxy) is 1. The Morgan fingerprint density at radius 1 is 1.59 bits per heavy atom. The summed E-state index contributed by atoms with van der Waals surface area (Å²) >= 11 is 0. The normalized spacial score (nSPS) is 12.1. The van der Waals surface area contributed by atoms with Crippen molar-refractivity contribution in [1.82, 2.24) is 5.32 Å². The van der Waals surface area contributed by atoms with Gasteiger partial charge in [0.1, 0.15) is 11.5 Å². The second-order valence-corrected chi connectivity index (χ2v) is 3.82. The maximum absolute atomic E-state index is 10.6. The van der Waals surface area contributed by atoms with Crippen LogP contribution in [0.5, 0.6) is 11.5 Å². The van der Waals surface area contributed by atoms with Crippen LogP contribution >= 0.6 is 0 Å². The lowest BCUT2D eigenvalue weighted by atomic mass is 10.1. The highest BCUT2D eigenvalue weighted by Crippen LogP contribution is 2.28. The van der Waals surface area contributed by atoms with E-state index in [4.69, 9.17) is 10.5 Å². The second-order valence-electron chi connectivity index (χ2n) is 3.82. The number of hydrogen-bond acceptors (Lipinski definition) is 4. The summed E-state index contributed by atoms with van der Waals surface area (Å²) in [6.07, 6.45) is 0.273. The fourth-order valence-corrected chi connectivity index (χ4v) is 1.53. The van der Waals surface area contributed by atoms with Gasteiger partial charge in [-0.2, -0.15) is 0 Å². The third kappa shape index (κ3) is 3.96. The van der Waals surface area contributed by atoms with E-state index in [1.807, 2.05) is 6.92 Å². The van der Waals surface area contributed by atoms with Gasteiger partial charge in [0, 0.05) is 24.6 Å². The molecule has 1 unspecified atom stereocenters. The molecule has 0 bridgehead atoms. The molecule has 0 saturated carbocycles. The number of phenolic OH excluding ortho intramolecular Hbond substituents is 1. The van der Waals surface area contributed by atoms with Crippen LogP contribution in [-0.2, 0) is 4.79 Å². The molecule has 5 nitrogen and oxygen atoms in total. The summed E-state index contributed by atoms with van der Waals surface area (Å²) in [5.41, 5.74) is 5.77. The zero-order chi connectivity index (χ0) is 12.8. The van der Waals surface area contributed by atoms with Gasteiger partial charge in [0.15, 0.2) is 0 Å². The molecule has 0 aliphatic rings. The Labute approximate surface area is 101 Å². The van der Waals surface area contributed by atoms with E-state index >= 15 is 0 Å². The number of nitrogens with one attached hydrogen (secondary N) is 1. The first-order valence-electron chi connectivity index (χ1n) is 5.43. The minimum atomic E-state index is -0.348. The number of rotatable bonds is 6. The van der Waals surface area contributed by atoms with Gasteiger partial charge in [-0.05, 0) is 25.1 Å². The summed E-state index contributed by atoms with van der Waals surface area (Å²) in [6.45, 7) is 2.38. The van der Waals surface area contributed by atoms with Crippen molar-refractivity contribution in [1.29, 1.82) is 0 Å². The van der Waals surface area contributed by atoms with Crippen molar-refractivity contribution < 1.29 is 14.6 Å². The summed E-state index contributed by atoms with van der Waals surface area (Å²) in [7, 11) is 1.57. The third-order valence-corrected chi connectivity index (χ3v) is 2.52. The van der Waals surface area contributed by atoms with Crippen LogP contribution < -0.4 is 15.8 Å². The summed E-state index contributed by atoms with van der Waals surface area (Å²) in [5, 5.41) is 12.8. The van der Waals surface area contributed by atoms with E-state index in [9.17, 15) is 9.90 Å². The lowest BCUT2D eigenvalue weighted by molar-refractivity contribution is -0.117. The smallest absolute Gasteiger partial charge is 0.218 e. The maximum Gasteiger partial charge on any atom is 0.218 e. The Hall–Kier alpha value is -1.75. The van der Waals surface area contributed by atoms with Crippen LogP contribution in [0.1, 0.15) is 24.9 Å². The molecule has 0 radical (unpaired) electrons. The largest absolute Gasteiger partial charge is 0.508 e. The van der Waals surface area contributed by atoms with Gasteiger partial charge in [-0.25, -0.2) is 0 Å². The van der Waals surface area contributed by atoms with Crippen LogP contribution in [-0.4, -0.2) is 24.7 Å². The summed E-state index contributed by atoms with van der Waals surface area (Å²) in [5.74, 6) is 0.533. The van der Waals surface area contributed by atoms with Crippen molar-refractivity contribution in [2.45, 2.75) is 19.4 Å². The zero-order valence-electron chi connectivity index (χ0n) is 10.1. The number of nitrogens with two attached hydrogens (primary N) is 1. The van der Waals surface area contributed by atoms with Crippen LogP contribution in [0.3, 0.4) is 0 Å². The highest BCUT2D eigenvalue weighted by molar-refractivity contribution is 5.73. The average Bonchev–Trinajstić information content (AvgIpc) is 2.29. The van der Waals surface area contributed by atoms with Crippen LogP contribution in [0.15, 0.2) is 18.2 Å². The molecule has 1 aromatic rings. The Kier molecular flexibility index (Phi) is 4.78. The fourth-order valence-electron chi connectivity index (χ4n) is 1.53. The van der Waals surface area contributed by atoms with Crippen molar-refractivity contribution in [3.05, 3.63) is 23.8 Å². The highest BCUT2D eigenvalue weighted by atomic mass is 16.5. The van der Waals surface area contributed by atoms with Crippen LogP contribution in [0.2, 0.25) is 0 Å². The maximum atomic E-state index is 10.6. The topological polar surface area (TPSA) is 84.6 Å². The SMILES string of the molecule is COc1ccc(O)c(C(C)NCCC(N)=O)c1. The van der Waals surface area contributed by atoms with E-state index in [-0.39, 0.29) is 24.1 Å². The molecule has 5 heteroatoms. The Balaban J connectivity index is 2.67. The monoisotopic (exact) mass is 238 g/mol. The molecule has 4 N–H and O–H groups in total. The van der Waals surface area contributed by atoms with Gasteiger partial charge in [0.05, 0.1) is 7.11 Å². The average molecular weight is 238 g/mol. The molecule has 0 aliphatic heterocycles. The van der Waals surface area contributed by atoms with Gasteiger partial charge >= 0.3 is 0 Å². The van der Waals surface area contributed by atoms with E-state index in [0.29, 0.717) is 12.3 Å². The molecule has 0 heterocycles. The first-order valence-corrected chi connectivity index (χ1v) is 5.43. The number of primary amides is 1.